The number of esters is 2. The summed E-state index contributed by atoms with van der Waals surface area (Å²) in [6, 6.07) is 15.4. The highest BCUT2D eigenvalue weighted by molar-refractivity contribution is 5.94. The first kappa shape index (κ1) is 28.3. The van der Waals surface area contributed by atoms with E-state index < -0.39 is 34.3 Å². The summed E-state index contributed by atoms with van der Waals surface area (Å²) in [6.45, 7) is 8.87. The van der Waals surface area contributed by atoms with Crippen LogP contribution in [0.3, 0.4) is 0 Å². The average Bonchev–Trinajstić information content (AvgIpc) is 2.90. The normalized spacial score (nSPS) is 20.8. The van der Waals surface area contributed by atoms with Crippen LogP contribution in [0.25, 0.3) is 0 Å². The molecule has 9 heteroatoms. The van der Waals surface area contributed by atoms with E-state index in [-0.39, 0.29) is 30.9 Å². The number of carbonyl (C=O) groups is 2. The van der Waals surface area contributed by atoms with E-state index in [2.05, 4.69) is 18.5 Å². The number of nitrogens with one attached hydrogen (secondary N) is 1. The summed E-state index contributed by atoms with van der Waals surface area (Å²) >= 11 is 0. The minimum Gasteiger partial charge on any atom is -0.461 e. The molecule has 0 unspecified atom stereocenters. The Labute approximate surface area is 221 Å². The predicted octanol–water partition coefficient (Wildman–Crippen LogP) is 3.99. The minimum atomic E-state index is -1.66. The predicted molar refractivity (Wildman–Crippen MR) is 142 cm³/mol. The number of benzene rings is 2. The number of ether oxygens (including phenoxy) is 2. The molecule has 2 aromatic rings. The van der Waals surface area contributed by atoms with Gasteiger partial charge in [0.25, 0.3) is 5.69 Å². The third-order valence-electron chi connectivity index (χ3n) is 6.36. The van der Waals surface area contributed by atoms with E-state index in [1.165, 1.54) is 37.3 Å². The van der Waals surface area contributed by atoms with Crippen LogP contribution in [0.4, 0.5) is 5.69 Å². The Bertz CT molecular complexity index is 1220. The number of nitrogens with zero attached hydrogens (tertiary/aromatic N) is 1. The Balaban J connectivity index is 2.15. The Kier molecular flexibility index (Phi) is 9.56. The second kappa shape index (κ2) is 12.8. The molecule has 0 saturated heterocycles. The van der Waals surface area contributed by atoms with E-state index in [0.29, 0.717) is 24.2 Å². The van der Waals surface area contributed by atoms with Crippen LogP contribution in [0.5, 0.6) is 0 Å². The zero-order valence-electron chi connectivity index (χ0n) is 21.3. The number of nitro benzene ring substituents is 1. The molecule has 200 valence electrons. The number of non-ortho nitro benzene ring substituents is 1. The van der Waals surface area contributed by atoms with Gasteiger partial charge in [0.2, 0.25) is 0 Å². The van der Waals surface area contributed by atoms with Crippen molar-refractivity contribution in [3.05, 3.63) is 112 Å². The van der Waals surface area contributed by atoms with Crippen molar-refractivity contribution >= 4 is 17.6 Å². The lowest BCUT2D eigenvalue weighted by atomic mass is 9.65. The zero-order chi connectivity index (χ0) is 27.7. The van der Waals surface area contributed by atoms with Gasteiger partial charge in [0.05, 0.1) is 22.0 Å². The molecule has 1 aliphatic carbocycles. The topological polar surface area (TPSA) is 128 Å². The van der Waals surface area contributed by atoms with E-state index in [4.69, 9.17) is 9.47 Å². The number of carbonyl (C=O) groups excluding carboxylic acids is 2. The van der Waals surface area contributed by atoms with Crippen LogP contribution in [-0.2, 0) is 25.5 Å². The van der Waals surface area contributed by atoms with Crippen molar-refractivity contribution in [2.45, 2.75) is 31.3 Å². The number of hydrogen-bond acceptors (Lipinski definition) is 8. The fraction of sp³-hybridized carbons (Fsp3) is 0.310. The first-order chi connectivity index (χ1) is 18.2. The first-order valence-corrected chi connectivity index (χ1v) is 12.2. The molecule has 9 nitrogen and oxygen atoms in total. The van der Waals surface area contributed by atoms with Crippen molar-refractivity contribution in [1.82, 2.24) is 5.32 Å². The zero-order valence-corrected chi connectivity index (χ0v) is 21.3. The van der Waals surface area contributed by atoms with Gasteiger partial charge in [-0.3, -0.25) is 14.9 Å². The molecule has 0 radical (unpaired) electrons. The van der Waals surface area contributed by atoms with Crippen LogP contribution in [0.1, 0.15) is 30.4 Å². The molecule has 0 saturated carbocycles. The summed E-state index contributed by atoms with van der Waals surface area (Å²) in [5.74, 6) is -3.83. The fourth-order valence-corrected chi connectivity index (χ4v) is 4.71. The van der Waals surface area contributed by atoms with Crippen molar-refractivity contribution in [1.29, 1.82) is 0 Å². The van der Waals surface area contributed by atoms with Gasteiger partial charge in [-0.1, -0.05) is 67.8 Å². The van der Waals surface area contributed by atoms with Crippen LogP contribution in [0.15, 0.2) is 91.2 Å². The molecule has 0 aliphatic heterocycles. The quantitative estimate of drug-likeness (QED) is 0.186. The van der Waals surface area contributed by atoms with Crippen LogP contribution < -0.4 is 5.32 Å². The molecule has 0 spiro atoms. The third kappa shape index (κ3) is 6.74. The van der Waals surface area contributed by atoms with Gasteiger partial charge in [-0.2, -0.15) is 0 Å². The first-order valence-electron chi connectivity index (χ1n) is 12.2. The van der Waals surface area contributed by atoms with Crippen molar-refractivity contribution in [3.8, 4) is 0 Å². The second-order valence-corrected chi connectivity index (χ2v) is 9.20. The van der Waals surface area contributed by atoms with Crippen LogP contribution in [-0.4, -0.2) is 47.3 Å². The molecular formula is C29H32N2O7. The number of hydrogen-bond donors (Lipinski definition) is 2. The molecule has 1 aliphatic rings. The van der Waals surface area contributed by atoms with E-state index in [1.807, 2.05) is 30.3 Å². The Morgan fingerprint density at radius 1 is 1.13 bits per heavy atom. The van der Waals surface area contributed by atoms with Gasteiger partial charge in [-0.25, -0.2) is 4.79 Å². The van der Waals surface area contributed by atoms with Gasteiger partial charge in [0.15, 0.2) is 0 Å². The molecular weight excluding hydrogens is 488 g/mol. The SMILES string of the molecule is C=CCOC(=O)C1=C(NCCc2ccccc2)C[C@](C)(O)[C@H](C(=O)OCC=C)[C@@H]1c1cccc([N+](=O)[O-])c1. The highest BCUT2D eigenvalue weighted by Gasteiger charge is 2.52. The lowest BCUT2D eigenvalue weighted by Crippen LogP contribution is -2.50. The number of nitro groups is 1. The van der Waals surface area contributed by atoms with Crippen LogP contribution in [0, 0.1) is 16.0 Å². The molecule has 0 aromatic heterocycles. The molecule has 38 heavy (non-hydrogen) atoms. The summed E-state index contributed by atoms with van der Waals surface area (Å²) in [6.07, 6.45) is 3.37. The second-order valence-electron chi connectivity index (χ2n) is 9.20. The van der Waals surface area contributed by atoms with Crippen molar-refractivity contribution in [3.63, 3.8) is 0 Å². The Morgan fingerprint density at radius 2 is 1.82 bits per heavy atom. The third-order valence-corrected chi connectivity index (χ3v) is 6.36. The summed E-state index contributed by atoms with van der Waals surface area (Å²) in [7, 11) is 0. The maximum atomic E-state index is 13.4. The monoisotopic (exact) mass is 520 g/mol. The lowest BCUT2D eigenvalue weighted by molar-refractivity contribution is -0.384. The number of aliphatic hydroxyl groups is 1. The van der Waals surface area contributed by atoms with Crippen molar-refractivity contribution in [2.75, 3.05) is 19.8 Å². The molecule has 3 atom stereocenters. The molecule has 3 rings (SSSR count). The molecule has 2 N–H and O–H groups in total. The van der Waals surface area contributed by atoms with E-state index in [1.54, 1.807) is 6.07 Å². The average molecular weight is 521 g/mol. The summed E-state index contributed by atoms with van der Waals surface area (Å²) in [5.41, 5.74) is -0.0158. The maximum absolute atomic E-state index is 13.4. The Morgan fingerprint density at radius 3 is 2.47 bits per heavy atom. The standard InChI is InChI=1S/C29H32N2O7/c1-4-16-37-27(32)25-23(30-15-14-20-10-7-6-8-11-20)19-29(3,34)26(28(33)38-17-5-2)24(25)21-12-9-13-22(18-21)31(35)36/h4-13,18,24,26,30,34H,1-2,14-17,19H2,3H3/t24-,26+,29+/m1/s1. The van der Waals surface area contributed by atoms with Crippen molar-refractivity contribution in [2.24, 2.45) is 5.92 Å². The van der Waals surface area contributed by atoms with Gasteiger partial charge in [0.1, 0.15) is 13.2 Å². The number of rotatable bonds is 12. The van der Waals surface area contributed by atoms with E-state index in [0.717, 1.165) is 5.56 Å². The highest BCUT2D eigenvalue weighted by atomic mass is 16.6. The summed E-state index contributed by atoms with van der Waals surface area (Å²) in [5, 5.41) is 26.4. The molecule has 0 bridgehead atoms. The lowest BCUT2D eigenvalue weighted by Gasteiger charge is -2.43. The van der Waals surface area contributed by atoms with Gasteiger partial charge in [-0.05, 0) is 24.5 Å². The van der Waals surface area contributed by atoms with Gasteiger partial charge >= 0.3 is 11.9 Å². The summed E-state index contributed by atoms with van der Waals surface area (Å²) < 4.78 is 10.7. The van der Waals surface area contributed by atoms with Gasteiger partial charge < -0.3 is 19.9 Å². The van der Waals surface area contributed by atoms with Gasteiger partial charge in [-0.15, -0.1) is 0 Å². The minimum absolute atomic E-state index is 0.0698. The molecule has 0 amide bonds. The molecule has 2 aromatic carbocycles. The molecule has 0 fully saturated rings. The maximum Gasteiger partial charge on any atom is 0.336 e. The van der Waals surface area contributed by atoms with Crippen LogP contribution >= 0.6 is 0 Å². The Hall–Kier alpha value is -4.24. The van der Waals surface area contributed by atoms with Crippen LogP contribution in [0.2, 0.25) is 0 Å². The van der Waals surface area contributed by atoms with E-state index >= 15 is 0 Å². The van der Waals surface area contributed by atoms with Crippen molar-refractivity contribution < 1.29 is 29.1 Å². The van der Waals surface area contributed by atoms with Gasteiger partial charge in [0, 0.05) is 36.7 Å². The smallest absolute Gasteiger partial charge is 0.336 e. The highest BCUT2D eigenvalue weighted by Crippen LogP contribution is 2.47. The fourth-order valence-electron chi connectivity index (χ4n) is 4.71. The largest absolute Gasteiger partial charge is 0.461 e. The summed E-state index contributed by atoms with van der Waals surface area (Å²) in [4.78, 5) is 37.7. The molecule has 0 heterocycles. The van der Waals surface area contributed by atoms with E-state index in [9.17, 15) is 24.8 Å².